The van der Waals surface area contributed by atoms with Crippen molar-refractivity contribution in [3.8, 4) is 0 Å². The Labute approximate surface area is 226 Å². The average Bonchev–Trinajstić information content (AvgIpc) is 2.84. The quantitative estimate of drug-likeness (QED) is 0.127. The van der Waals surface area contributed by atoms with Crippen LogP contribution in [0.4, 0.5) is 5.82 Å². The predicted molar refractivity (Wildman–Crippen MR) is 133 cm³/mol. The summed E-state index contributed by atoms with van der Waals surface area (Å²) in [5, 5.41) is 3.02. The Balaban J connectivity index is 2.65. The van der Waals surface area contributed by atoms with E-state index in [1.54, 1.807) is 6.26 Å². The van der Waals surface area contributed by atoms with E-state index in [1.807, 2.05) is 0 Å². The third-order valence-corrected chi connectivity index (χ3v) is 5.56. The van der Waals surface area contributed by atoms with Crippen LogP contribution in [-0.2, 0) is 52.4 Å². The maximum atomic E-state index is 12.8. The Morgan fingerprint density at radius 3 is 2.10 bits per heavy atom. The molecular weight excluding hydrogens is 542 g/mol. The van der Waals surface area contributed by atoms with Crippen molar-refractivity contribution in [1.29, 1.82) is 0 Å². The minimum absolute atomic E-state index is 0.107. The molecule has 1 saturated heterocycles. The Bertz CT molecular complexity index is 1180. The van der Waals surface area contributed by atoms with Crippen molar-refractivity contribution < 1.29 is 52.4 Å². The number of anilines is 1. The molecule has 0 radical (unpaired) electrons. The summed E-state index contributed by atoms with van der Waals surface area (Å²) in [4.78, 5) is 78.7. The molecule has 1 aromatic heterocycles. The molecule has 0 aromatic carbocycles. The highest BCUT2D eigenvalue weighted by Gasteiger charge is 2.52. The van der Waals surface area contributed by atoms with Gasteiger partial charge < -0.3 is 38.7 Å². The number of rotatable bonds is 10. The highest BCUT2D eigenvalue weighted by molar-refractivity contribution is 7.98. The van der Waals surface area contributed by atoms with E-state index in [0.717, 1.165) is 58.7 Å². The summed E-state index contributed by atoms with van der Waals surface area (Å²) in [6.07, 6.45) is -3.05. The number of aromatic nitrogens is 2. The molecule has 0 spiro atoms. The number of nitrogens with one attached hydrogen (secondary N) is 2. The van der Waals surface area contributed by atoms with Gasteiger partial charge in [-0.05, 0) is 12.3 Å². The smallest absolute Gasteiger partial charge is 0.330 e. The average molecular weight is 572 g/mol. The van der Waals surface area contributed by atoms with E-state index < -0.39 is 72.7 Å². The molecule has 0 unspecified atom stereocenters. The molecule has 1 aliphatic rings. The third-order valence-electron chi connectivity index (χ3n) is 4.98. The number of hydrogen-bond donors (Lipinski definition) is 2. The van der Waals surface area contributed by atoms with Crippen molar-refractivity contribution in [2.75, 3.05) is 25.3 Å². The second-order valence-corrected chi connectivity index (χ2v) is 8.75. The Morgan fingerprint density at radius 1 is 0.974 bits per heavy atom. The summed E-state index contributed by atoms with van der Waals surface area (Å²) in [6.45, 7) is 3.99. The van der Waals surface area contributed by atoms with Crippen LogP contribution < -0.4 is 10.9 Å². The highest BCUT2D eigenvalue weighted by atomic mass is 32.2. The van der Waals surface area contributed by atoms with Gasteiger partial charge in [-0.25, -0.2) is 9.78 Å². The zero-order valence-electron chi connectivity index (χ0n) is 22.0. The second-order valence-electron chi connectivity index (χ2n) is 7.96. The summed E-state index contributed by atoms with van der Waals surface area (Å²) < 4.78 is 31.7. The van der Waals surface area contributed by atoms with E-state index in [2.05, 4.69) is 20.0 Å². The van der Waals surface area contributed by atoms with Crippen molar-refractivity contribution in [2.45, 2.75) is 63.5 Å². The number of carbonyl (C=O) groups excluding carboxylic acids is 5. The van der Waals surface area contributed by atoms with Gasteiger partial charge in [-0.15, -0.1) is 0 Å². The molecular formula is C23H29N3O12S. The van der Waals surface area contributed by atoms with E-state index in [9.17, 15) is 28.8 Å². The molecule has 16 heteroatoms. The molecule has 15 nitrogen and oxygen atoms in total. The van der Waals surface area contributed by atoms with E-state index in [1.165, 1.54) is 0 Å². The Kier molecular flexibility index (Phi) is 11.5. The van der Waals surface area contributed by atoms with Crippen LogP contribution in [0.25, 0.3) is 6.08 Å². The SMILES string of the molecule is COC(=O)/C=C/c1c(N[C@@H]2O[C@H](COC(C)=O)[C@@H](OC(C)=O)[C@H](OC(C)=O)[C@H]2OC(C)=O)nc(SC)[nH]c1=O. The zero-order chi connectivity index (χ0) is 29.3. The van der Waals surface area contributed by atoms with Gasteiger partial charge in [0.25, 0.3) is 5.56 Å². The largest absolute Gasteiger partial charge is 0.466 e. The Morgan fingerprint density at radius 2 is 1.56 bits per heavy atom. The van der Waals surface area contributed by atoms with Gasteiger partial charge in [0.05, 0.1) is 12.7 Å². The van der Waals surface area contributed by atoms with Crippen molar-refractivity contribution in [2.24, 2.45) is 0 Å². The van der Waals surface area contributed by atoms with Crippen LogP contribution in [0.2, 0.25) is 0 Å². The highest BCUT2D eigenvalue weighted by Crippen LogP contribution is 2.30. The van der Waals surface area contributed by atoms with Gasteiger partial charge in [-0.1, -0.05) is 11.8 Å². The molecule has 0 aliphatic carbocycles. The number of aromatic amines is 1. The lowest BCUT2D eigenvalue weighted by Gasteiger charge is -2.44. The lowest BCUT2D eigenvalue weighted by molar-refractivity contribution is -0.247. The lowest BCUT2D eigenvalue weighted by atomic mass is 9.97. The number of esters is 5. The first-order chi connectivity index (χ1) is 18.4. The predicted octanol–water partition coefficient (Wildman–Crippen LogP) is 0.173. The fourth-order valence-electron chi connectivity index (χ4n) is 3.52. The van der Waals surface area contributed by atoms with Crippen LogP contribution in [0, 0.1) is 0 Å². The van der Waals surface area contributed by atoms with Crippen LogP contribution in [-0.4, -0.2) is 90.4 Å². The minimum Gasteiger partial charge on any atom is -0.466 e. The van der Waals surface area contributed by atoms with Gasteiger partial charge in [0.2, 0.25) is 0 Å². The fourth-order valence-corrected chi connectivity index (χ4v) is 3.90. The number of hydrogen-bond acceptors (Lipinski definition) is 15. The van der Waals surface area contributed by atoms with E-state index in [0.29, 0.717) is 0 Å². The second kappa shape index (κ2) is 14.3. The molecule has 2 rings (SSSR count). The molecule has 0 saturated carbocycles. The van der Waals surface area contributed by atoms with Crippen molar-refractivity contribution in [3.05, 3.63) is 22.0 Å². The number of nitrogens with zero attached hydrogens (tertiary/aromatic N) is 1. The summed E-state index contributed by atoms with van der Waals surface area (Å²) >= 11 is 1.10. The first-order valence-corrected chi connectivity index (χ1v) is 12.6. The molecule has 1 fully saturated rings. The molecule has 39 heavy (non-hydrogen) atoms. The standard InChI is InChI=1S/C23H29N3O12S/c1-10(27)34-9-15-17(35-11(2)28)18(36-12(3)29)19(37-13(4)30)22(38-15)24-20-14(7-8-16(31)33-5)21(32)26-23(25-20)39-6/h7-8,15,17-19,22H,9H2,1-6H3,(H2,24,25,26,32)/b8-7+/t15-,17-,18+,19-,22-/m1/s1. The number of thioether (sulfide) groups is 1. The van der Waals surface area contributed by atoms with Crippen molar-refractivity contribution >= 4 is 53.5 Å². The normalized spacial score (nSPS) is 22.5. The van der Waals surface area contributed by atoms with E-state index >= 15 is 0 Å². The number of ether oxygens (including phenoxy) is 6. The van der Waals surface area contributed by atoms with Gasteiger partial charge in [-0.3, -0.25) is 24.0 Å². The van der Waals surface area contributed by atoms with Gasteiger partial charge in [0.1, 0.15) is 18.5 Å². The monoisotopic (exact) mass is 571 g/mol. The summed E-state index contributed by atoms with van der Waals surface area (Å²) in [5.74, 6) is -3.92. The van der Waals surface area contributed by atoms with Gasteiger partial charge in [0, 0.05) is 33.8 Å². The first kappa shape index (κ1) is 31.3. The number of H-pyrrole nitrogens is 1. The Hall–Kier alpha value is -3.92. The van der Waals surface area contributed by atoms with Gasteiger partial charge in [-0.2, -0.15) is 0 Å². The summed E-state index contributed by atoms with van der Waals surface area (Å²) in [5.41, 5.74) is -0.756. The van der Waals surface area contributed by atoms with Gasteiger partial charge in [0.15, 0.2) is 29.7 Å². The van der Waals surface area contributed by atoms with Gasteiger partial charge >= 0.3 is 29.8 Å². The molecule has 0 bridgehead atoms. The molecule has 2 heterocycles. The third kappa shape index (κ3) is 9.10. The van der Waals surface area contributed by atoms with Crippen LogP contribution in [0.5, 0.6) is 0 Å². The van der Waals surface area contributed by atoms with Crippen molar-refractivity contribution in [1.82, 2.24) is 9.97 Å². The topological polar surface area (TPSA) is 199 Å². The zero-order valence-corrected chi connectivity index (χ0v) is 22.8. The summed E-state index contributed by atoms with van der Waals surface area (Å²) in [6, 6.07) is 0. The maximum Gasteiger partial charge on any atom is 0.330 e. The molecule has 5 atom stereocenters. The number of methoxy groups -OCH3 is 1. The molecule has 2 N–H and O–H groups in total. The maximum absolute atomic E-state index is 12.8. The van der Waals surface area contributed by atoms with Crippen LogP contribution in [0.3, 0.4) is 0 Å². The lowest BCUT2D eigenvalue weighted by Crippen LogP contribution is -2.64. The first-order valence-electron chi connectivity index (χ1n) is 11.4. The van der Waals surface area contributed by atoms with E-state index in [-0.39, 0.29) is 16.5 Å². The van der Waals surface area contributed by atoms with Crippen LogP contribution in [0.15, 0.2) is 16.0 Å². The van der Waals surface area contributed by atoms with E-state index in [4.69, 9.17) is 23.7 Å². The van der Waals surface area contributed by atoms with Crippen LogP contribution >= 0.6 is 11.8 Å². The molecule has 214 valence electrons. The molecule has 1 aliphatic heterocycles. The summed E-state index contributed by atoms with van der Waals surface area (Å²) in [7, 11) is 1.16. The van der Waals surface area contributed by atoms with Crippen molar-refractivity contribution in [3.63, 3.8) is 0 Å². The van der Waals surface area contributed by atoms with Crippen LogP contribution in [0.1, 0.15) is 33.3 Å². The fraction of sp³-hybridized carbons (Fsp3) is 0.522. The minimum atomic E-state index is -1.44. The molecule has 0 amide bonds. The number of carbonyl (C=O) groups is 5. The molecule has 1 aromatic rings.